The van der Waals surface area contributed by atoms with Crippen molar-refractivity contribution in [2.24, 2.45) is 5.41 Å². The molecule has 1 aromatic carbocycles. The maximum Gasteiger partial charge on any atom is 0.335 e. The van der Waals surface area contributed by atoms with Crippen LogP contribution in [0.4, 0.5) is 4.39 Å². The second kappa shape index (κ2) is 5.68. The van der Waals surface area contributed by atoms with E-state index in [1.165, 1.54) is 12.1 Å². The van der Waals surface area contributed by atoms with Crippen molar-refractivity contribution in [3.63, 3.8) is 0 Å². The highest BCUT2D eigenvalue weighted by atomic mass is 19.1. The van der Waals surface area contributed by atoms with Gasteiger partial charge in [0.25, 0.3) is 5.91 Å². The third-order valence-corrected chi connectivity index (χ3v) is 4.73. The van der Waals surface area contributed by atoms with Crippen LogP contribution in [-0.2, 0) is 4.74 Å². The number of ether oxygens (including phenoxy) is 1. The number of rotatable bonds is 2. The highest BCUT2D eigenvalue weighted by Gasteiger charge is 2.41. The molecule has 1 N–H and O–H groups in total. The molecule has 6 heteroatoms. The largest absolute Gasteiger partial charge is 0.478 e. The zero-order valence-corrected chi connectivity index (χ0v) is 12.2. The second-order valence-electron chi connectivity index (χ2n) is 6.09. The zero-order chi connectivity index (χ0) is 15.7. The van der Waals surface area contributed by atoms with Gasteiger partial charge in [0, 0.05) is 26.3 Å². The molecule has 22 heavy (non-hydrogen) atoms. The van der Waals surface area contributed by atoms with Gasteiger partial charge in [0.05, 0.1) is 11.1 Å². The van der Waals surface area contributed by atoms with Gasteiger partial charge in [-0.05, 0) is 42.9 Å². The van der Waals surface area contributed by atoms with Gasteiger partial charge >= 0.3 is 5.97 Å². The molecule has 1 amide bonds. The average Bonchev–Trinajstić information content (AvgIpc) is 2.91. The fourth-order valence-electron chi connectivity index (χ4n) is 3.31. The van der Waals surface area contributed by atoms with Crippen LogP contribution in [0.3, 0.4) is 0 Å². The Morgan fingerprint density at radius 3 is 2.59 bits per heavy atom. The first kappa shape index (κ1) is 15.0. The van der Waals surface area contributed by atoms with E-state index in [0.717, 1.165) is 25.3 Å². The third-order valence-electron chi connectivity index (χ3n) is 4.73. The molecule has 0 atom stereocenters. The fourth-order valence-corrected chi connectivity index (χ4v) is 3.31. The summed E-state index contributed by atoms with van der Waals surface area (Å²) in [6.45, 7) is 2.65. The minimum absolute atomic E-state index is 0.0610. The smallest absolute Gasteiger partial charge is 0.335 e. The summed E-state index contributed by atoms with van der Waals surface area (Å²) < 4.78 is 19.4. The molecule has 5 nitrogen and oxygen atoms in total. The van der Waals surface area contributed by atoms with Crippen LogP contribution in [0.2, 0.25) is 0 Å². The van der Waals surface area contributed by atoms with E-state index >= 15 is 0 Å². The van der Waals surface area contributed by atoms with Crippen molar-refractivity contribution < 1.29 is 23.8 Å². The molecule has 2 fully saturated rings. The first-order valence-electron chi connectivity index (χ1n) is 7.41. The molecule has 2 aliphatic heterocycles. The van der Waals surface area contributed by atoms with Crippen molar-refractivity contribution in [3.05, 3.63) is 35.1 Å². The predicted molar refractivity (Wildman–Crippen MR) is 76.4 cm³/mol. The number of aromatic carboxylic acids is 1. The summed E-state index contributed by atoms with van der Waals surface area (Å²) in [7, 11) is 0. The molecule has 0 aliphatic carbocycles. The Morgan fingerprint density at radius 1 is 1.23 bits per heavy atom. The van der Waals surface area contributed by atoms with E-state index in [9.17, 15) is 14.0 Å². The molecule has 0 bridgehead atoms. The zero-order valence-electron chi connectivity index (χ0n) is 12.2. The van der Waals surface area contributed by atoms with Crippen LogP contribution in [0.5, 0.6) is 0 Å². The van der Waals surface area contributed by atoms with Gasteiger partial charge in [0.1, 0.15) is 5.82 Å². The summed E-state index contributed by atoms with van der Waals surface area (Å²) in [4.78, 5) is 25.0. The number of carboxylic acids is 1. The van der Waals surface area contributed by atoms with Crippen LogP contribution in [0, 0.1) is 11.2 Å². The Morgan fingerprint density at radius 2 is 1.95 bits per heavy atom. The van der Waals surface area contributed by atoms with E-state index in [1.54, 1.807) is 4.90 Å². The van der Waals surface area contributed by atoms with Crippen LogP contribution in [0.1, 0.15) is 40.0 Å². The summed E-state index contributed by atoms with van der Waals surface area (Å²) in [5.41, 5.74) is -0.115. The van der Waals surface area contributed by atoms with E-state index in [1.807, 2.05) is 0 Å². The second-order valence-corrected chi connectivity index (χ2v) is 6.09. The molecule has 0 radical (unpaired) electrons. The summed E-state index contributed by atoms with van der Waals surface area (Å²) in [6, 6.07) is 3.42. The summed E-state index contributed by atoms with van der Waals surface area (Å²) >= 11 is 0. The predicted octanol–water partition coefficient (Wildman–Crippen LogP) is 2.17. The Hall–Kier alpha value is -1.95. The summed E-state index contributed by atoms with van der Waals surface area (Å²) in [5, 5.41) is 8.84. The molecule has 2 aliphatic rings. The number of hydrogen-bond donors (Lipinski definition) is 1. The number of carboxylic acid groups (broad SMARTS) is 1. The normalized spacial score (nSPS) is 20.3. The lowest BCUT2D eigenvalue weighted by Crippen LogP contribution is -2.35. The molecular weight excluding hydrogens is 289 g/mol. The highest BCUT2D eigenvalue weighted by molar-refractivity contribution is 5.96. The van der Waals surface area contributed by atoms with Gasteiger partial charge in [0.2, 0.25) is 0 Å². The molecule has 2 saturated heterocycles. The number of benzene rings is 1. The van der Waals surface area contributed by atoms with E-state index < -0.39 is 11.8 Å². The Labute approximate surface area is 127 Å². The van der Waals surface area contributed by atoms with Crippen molar-refractivity contribution in [2.45, 2.75) is 19.3 Å². The van der Waals surface area contributed by atoms with Crippen LogP contribution in [-0.4, -0.2) is 48.2 Å². The molecular formula is C16H18FNO4. The minimum Gasteiger partial charge on any atom is -0.478 e. The van der Waals surface area contributed by atoms with Crippen LogP contribution in [0.25, 0.3) is 0 Å². The van der Waals surface area contributed by atoms with E-state index in [4.69, 9.17) is 9.84 Å². The first-order chi connectivity index (χ1) is 10.5. The van der Waals surface area contributed by atoms with Crippen molar-refractivity contribution in [1.29, 1.82) is 0 Å². The number of carbonyl (C=O) groups excluding carboxylic acids is 1. The maximum absolute atomic E-state index is 14.0. The molecule has 0 unspecified atom stereocenters. The Bertz CT molecular complexity index is 610. The topological polar surface area (TPSA) is 66.8 Å². The Kier molecular flexibility index (Phi) is 3.87. The summed E-state index contributed by atoms with van der Waals surface area (Å²) in [5.74, 6) is -2.35. The number of carbonyl (C=O) groups is 2. The van der Waals surface area contributed by atoms with Gasteiger partial charge in [-0.3, -0.25) is 4.79 Å². The number of halogens is 1. The quantitative estimate of drug-likeness (QED) is 0.909. The molecule has 3 rings (SSSR count). The van der Waals surface area contributed by atoms with Gasteiger partial charge in [-0.1, -0.05) is 0 Å². The molecule has 1 aromatic rings. The van der Waals surface area contributed by atoms with Crippen molar-refractivity contribution in [3.8, 4) is 0 Å². The minimum atomic E-state index is -1.21. The van der Waals surface area contributed by atoms with Gasteiger partial charge in [-0.25, -0.2) is 9.18 Å². The number of likely N-dealkylation sites (tertiary alicyclic amines) is 1. The van der Waals surface area contributed by atoms with Crippen LogP contribution < -0.4 is 0 Å². The summed E-state index contributed by atoms with van der Waals surface area (Å²) in [6.07, 6.45) is 2.77. The SMILES string of the molecule is O=C(O)c1ccc(C(=O)N2CCC3(CCOCC3)C2)c(F)c1. The average molecular weight is 307 g/mol. The highest BCUT2D eigenvalue weighted by Crippen LogP contribution is 2.40. The maximum atomic E-state index is 14.0. The fraction of sp³-hybridized carbons (Fsp3) is 0.500. The van der Waals surface area contributed by atoms with Gasteiger partial charge in [-0.2, -0.15) is 0 Å². The molecule has 0 aromatic heterocycles. The molecule has 0 saturated carbocycles. The van der Waals surface area contributed by atoms with Crippen LogP contribution in [0.15, 0.2) is 18.2 Å². The van der Waals surface area contributed by atoms with E-state index in [-0.39, 0.29) is 22.4 Å². The monoisotopic (exact) mass is 307 g/mol. The van der Waals surface area contributed by atoms with Gasteiger partial charge in [-0.15, -0.1) is 0 Å². The molecule has 2 heterocycles. The lowest BCUT2D eigenvalue weighted by atomic mass is 9.80. The van der Waals surface area contributed by atoms with Gasteiger partial charge in [0.15, 0.2) is 0 Å². The van der Waals surface area contributed by atoms with Crippen molar-refractivity contribution in [2.75, 3.05) is 26.3 Å². The molecule has 118 valence electrons. The van der Waals surface area contributed by atoms with Crippen molar-refractivity contribution in [1.82, 2.24) is 4.90 Å². The first-order valence-corrected chi connectivity index (χ1v) is 7.41. The lowest BCUT2D eigenvalue weighted by Gasteiger charge is -2.33. The number of amides is 1. The van der Waals surface area contributed by atoms with Gasteiger partial charge < -0.3 is 14.7 Å². The Balaban J connectivity index is 1.76. The lowest BCUT2D eigenvalue weighted by molar-refractivity contribution is 0.0190. The van der Waals surface area contributed by atoms with E-state index in [2.05, 4.69) is 0 Å². The third kappa shape index (κ3) is 2.70. The van der Waals surface area contributed by atoms with Crippen LogP contribution >= 0.6 is 0 Å². The molecule has 1 spiro atoms. The number of nitrogens with zero attached hydrogens (tertiary/aromatic N) is 1. The van der Waals surface area contributed by atoms with E-state index in [0.29, 0.717) is 26.3 Å². The number of hydrogen-bond acceptors (Lipinski definition) is 3. The van der Waals surface area contributed by atoms with Crippen molar-refractivity contribution >= 4 is 11.9 Å². The standard InChI is InChI=1S/C16H18FNO4/c17-13-9-11(15(20)21)1-2-12(13)14(19)18-6-3-16(10-18)4-7-22-8-5-16/h1-2,9H,3-8,10H2,(H,20,21).